The Morgan fingerprint density at radius 1 is 1.11 bits per heavy atom. The fraction of sp³-hybridized carbons (Fsp3) is 0.133. The van der Waals surface area contributed by atoms with Gasteiger partial charge >= 0.3 is 0 Å². The van der Waals surface area contributed by atoms with Crippen molar-refractivity contribution in [3.63, 3.8) is 0 Å². The second-order valence-electron chi connectivity index (χ2n) is 4.37. The van der Waals surface area contributed by atoms with E-state index in [-0.39, 0.29) is 5.78 Å². The summed E-state index contributed by atoms with van der Waals surface area (Å²) in [4.78, 5) is 12.4. The van der Waals surface area contributed by atoms with Crippen LogP contribution in [0.4, 0.5) is 5.69 Å². The van der Waals surface area contributed by atoms with E-state index < -0.39 is 0 Å². The zero-order chi connectivity index (χ0) is 13.3. The molecule has 0 unspecified atom stereocenters. The molecule has 0 aliphatic rings. The summed E-state index contributed by atoms with van der Waals surface area (Å²) < 4.78 is 0. The molecule has 0 spiro atoms. The van der Waals surface area contributed by atoms with Crippen molar-refractivity contribution in [1.82, 2.24) is 0 Å². The summed E-state index contributed by atoms with van der Waals surface area (Å²) in [7, 11) is 0. The van der Waals surface area contributed by atoms with Crippen molar-refractivity contribution in [3.8, 4) is 0 Å². The number of anilines is 1. The van der Waals surface area contributed by atoms with E-state index >= 15 is 0 Å². The van der Waals surface area contributed by atoms with E-state index in [1.807, 2.05) is 26.0 Å². The molecular weight excluding hydrogens is 246 g/mol. The van der Waals surface area contributed by atoms with Crippen LogP contribution >= 0.6 is 11.6 Å². The number of hydrogen-bond acceptors (Lipinski definition) is 2. The van der Waals surface area contributed by atoms with E-state index in [1.54, 1.807) is 24.3 Å². The van der Waals surface area contributed by atoms with Crippen molar-refractivity contribution in [3.05, 3.63) is 63.7 Å². The normalized spacial score (nSPS) is 10.4. The second-order valence-corrected chi connectivity index (χ2v) is 4.78. The molecule has 0 radical (unpaired) electrons. The highest BCUT2D eigenvalue weighted by Gasteiger charge is 2.13. The molecule has 0 amide bonds. The maximum absolute atomic E-state index is 12.4. The lowest BCUT2D eigenvalue weighted by Crippen LogP contribution is -2.05. The molecule has 0 aliphatic heterocycles. The highest BCUT2D eigenvalue weighted by atomic mass is 35.5. The Kier molecular flexibility index (Phi) is 3.39. The monoisotopic (exact) mass is 259 g/mol. The molecular formula is C15H14ClNO. The van der Waals surface area contributed by atoms with Crippen LogP contribution in [0.25, 0.3) is 0 Å². The molecule has 0 atom stereocenters. The van der Waals surface area contributed by atoms with Gasteiger partial charge in [0.05, 0.1) is 0 Å². The topological polar surface area (TPSA) is 43.1 Å². The van der Waals surface area contributed by atoms with Crippen LogP contribution in [0.15, 0.2) is 36.4 Å². The van der Waals surface area contributed by atoms with Crippen LogP contribution in [0.3, 0.4) is 0 Å². The van der Waals surface area contributed by atoms with E-state index in [2.05, 4.69) is 0 Å². The average Bonchev–Trinajstić information content (AvgIpc) is 2.33. The third-order valence-electron chi connectivity index (χ3n) is 2.90. The highest BCUT2D eigenvalue weighted by Crippen LogP contribution is 2.23. The molecule has 0 saturated carbocycles. The summed E-state index contributed by atoms with van der Waals surface area (Å²) in [5, 5.41) is 0.677. The predicted molar refractivity (Wildman–Crippen MR) is 75.2 cm³/mol. The number of hydrogen-bond donors (Lipinski definition) is 1. The van der Waals surface area contributed by atoms with Crippen molar-refractivity contribution >= 4 is 23.1 Å². The summed E-state index contributed by atoms with van der Waals surface area (Å²) in [5.41, 5.74) is 9.32. The van der Waals surface area contributed by atoms with Crippen molar-refractivity contribution in [2.45, 2.75) is 13.8 Å². The van der Waals surface area contributed by atoms with E-state index in [0.29, 0.717) is 21.8 Å². The summed E-state index contributed by atoms with van der Waals surface area (Å²) in [5.74, 6) is -0.0282. The van der Waals surface area contributed by atoms with Crippen LogP contribution in [0.2, 0.25) is 5.02 Å². The number of halogens is 1. The van der Waals surface area contributed by atoms with Crippen LogP contribution in [0.1, 0.15) is 27.0 Å². The predicted octanol–water partition coefficient (Wildman–Crippen LogP) is 3.77. The van der Waals surface area contributed by atoms with Gasteiger partial charge in [0.25, 0.3) is 0 Å². The maximum atomic E-state index is 12.4. The van der Waals surface area contributed by atoms with E-state index in [9.17, 15) is 4.79 Å². The van der Waals surface area contributed by atoms with Gasteiger partial charge in [0.2, 0.25) is 0 Å². The number of aryl methyl sites for hydroxylation is 2. The Morgan fingerprint density at radius 2 is 1.83 bits per heavy atom. The summed E-state index contributed by atoms with van der Waals surface area (Å²) >= 11 is 6.03. The van der Waals surface area contributed by atoms with Crippen LogP contribution in [-0.4, -0.2) is 5.78 Å². The standard InChI is InChI=1S/C15H14ClNO/c1-9-7-14(16)10(2)6-13(9)15(18)11-4-3-5-12(17)8-11/h3-8H,17H2,1-2H3. The Hall–Kier alpha value is -1.80. The minimum atomic E-state index is -0.0282. The molecule has 0 aromatic heterocycles. The van der Waals surface area contributed by atoms with E-state index in [4.69, 9.17) is 17.3 Å². The van der Waals surface area contributed by atoms with Crippen molar-refractivity contribution in [1.29, 1.82) is 0 Å². The number of ketones is 1. The Morgan fingerprint density at radius 3 is 2.50 bits per heavy atom. The molecule has 2 rings (SSSR count). The summed E-state index contributed by atoms with van der Waals surface area (Å²) in [6.45, 7) is 3.77. The zero-order valence-electron chi connectivity index (χ0n) is 10.3. The van der Waals surface area contributed by atoms with Gasteiger partial charge in [0.1, 0.15) is 0 Å². The van der Waals surface area contributed by atoms with Crippen molar-refractivity contribution < 1.29 is 4.79 Å². The molecule has 0 aliphatic carbocycles. The van der Waals surface area contributed by atoms with Gasteiger partial charge in [-0.1, -0.05) is 23.7 Å². The van der Waals surface area contributed by atoms with Crippen LogP contribution in [0.5, 0.6) is 0 Å². The first-order chi connectivity index (χ1) is 8.49. The second kappa shape index (κ2) is 4.83. The number of nitrogens with two attached hydrogens (primary N) is 1. The van der Waals surface area contributed by atoms with Gasteiger partial charge in [-0.3, -0.25) is 4.79 Å². The summed E-state index contributed by atoms with van der Waals surface area (Å²) in [6, 6.07) is 10.6. The molecule has 2 N–H and O–H groups in total. The Bertz CT molecular complexity index is 620. The first-order valence-corrected chi connectivity index (χ1v) is 6.04. The fourth-order valence-electron chi connectivity index (χ4n) is 1.86. The molecule has 0 bridgehead atoms. The molecule has 18 heavy (non-hydrogen) atoms. The SMILES string of the molecule is Cc1cc(C(=O)c2cccc(N)c2)c(C)cc1Cl. The average molecular weight is 260 g/mol. The van der Waals surface area contributed by atoms with Gasteiger partial charge in [-0.2, -0.15) is 0 Å². The minimum Gasteiger partial charge on any atom is -0.399 e. The number of carbonyl (C=O) groups is 1. The number of benzene rings is 2. The Balaban J connectivity index is 2.49. The number of rotatable bonds is 2. The molecule has 0 saturated heterocycles. The molecule has 0 heterocycles. The molecule has 0 fully saturated rings. The Labute approximate surface area is 111 Å². The van der Waals surface area contributed by atoms with Gasteiger partial charge in [-0.15, -0.1) is 0 Å². The van der Waals surface area contributed by atoms with Crippen LogP contribution < -0.4 is 5.73 Å². The lowest BCUT2D eigenvalue weighted by atomic mass is 9.97. The smallest absolute Gasteiger partial charge is 0.193 e. The van der Waals surface area contributed by atoms with E-state index in [1.165, 1.54) is 0 Å². The van der Waals surface area contributed by atoms with Gasteiger partial charge in [0, 0.05) is 21.8 Å². The van der Waals surface area contributed by atoms with E-state index in [0.717, 1.165) is 11.1 Å². The van der Waals surface area contributed by atoms with Crippen LogP contribution in [-0.2, 0) is 0 Å². The first kappa shape index (κ1) is 12.7. The number of carbonyl (C=O) groups excluding carboxylic acids is 1. The first-order valence-electron chi connectivity index (χ1n) is 5.66. The molecule has 2 aromatic carbocycles. The molecule has 3 heteroatoms. The van der Waals surface area contributed by atoms with Gasteiger partial charge < -0.3 is 5.73 Å². The van der Waals surface area contributed by atoms with Crippen molar-refractivity contribution in [2.75, 3.05) is 5.73 Å². The quantitative estimate of drug-likeness (QED) is 0.659. The molecule has 2 nitrogen and oxygen atoms in total. The third-order valence-corrected chi connectivity index (χ3v) is 3.31. The maximum Gasteiger partial charge on any atom is 0.193 e. The lowest BCUT2D eigenvalue weighted by Gasteiger charge is -2.08. The largest absolute Gasteiger partial charge is 0.399 e. The van der Waals surface area contributed by atoms with Crippen molar-refractivity contribution in [2.24, 2.45) is 0 Å². The van der Waals surface area contributed by atoms with Gasteiger partial charge in [-0.25, -0.2) is 0 Å². The fourth-order valence-corrected chi connectivity index (χ4v) is 2.08. The highest BCUT2D eigenvalue weighted by molar-refractivity contribution is 6.31. The lowest BCUT2D eigenvalue weighted by molar-refractivity contribution is 0.103. The minimum absolute atomic E-state index is 0.0282. The van der Waals surface area contributed by atoms with Crippen LogP contribution in [0, 0.1) is 13.8 Å². The zero-order valence-corrected chi connectivity index (χ0v) is 11.1. The third kappa shape index (κ3) is 2.39. The van der Waals surface area contributed by atoms with Gasteiger partial charge in [0.15, 0.2) is 5.78 Å². The number of nitrogen functional groups attached to an aromatic ring is 1. The molecule has 2 aromatic rings. The molecule has 92 valence electrons. The summed E-state index contributed by atoms with van der Waals surface area (Å²) in [6.07, 6.45) is 0. The van der Waals surface area contributed by atoms with Gasteiger partial charge in [-0.05, 0) is 49.2 Å².